The number of hydrogen-bond donors (Lipinski definition) is 3. The highest BCUT2D eigenvalue weighted by atomic mass is 15.1. The Morgan fingerprint density at radius 2 is 1.33 bits per heavy atom. The van der Waals surface area contributed by atoms with Crippen molar-refractivity contribution in [2.75, 3.05) is 26.2 Å². The molecule has 4 aromatic rings. The van der Waals surface area contributed by atoms with Crippen molar-refractivity contribution in [1.29, 1.82) is 0 Å². The number of aromatic nitrogens is 1. The summed E-state index contributed by atoms with van der Waals surface area (Å²) in [6.07, 6.45) is 4.30. The van der Waals surface area contributed by atoms with E-state index in [1.807, 2.05) is 0 Å². The van der Waals surface area contributed by atoms with Gasteiger partial charge in [0.1, 0.15) is 11.7 Å². The average molecular weight is 432 g/mol. The molecule has 0 saturated heterocycles. The number of fused-ring (bicyclic) bond motifs is 1. The molecule has 3 aromatic carbocycles. The molecule has 6 rings (SSSR count). The van der Waals surface area contributed by atoms with E-state index in [4.69, 9.17) is 0 Å². The maximum atomic E-state index is 4.53. The molecule has 0 amide bonds. The number of nitrogens with zero attached hydrogens (tertiary/aromatic N) is 2. The number of amidine groups is 2. The number of hydrogen-bond acceptors (Lipinski definition) is 4. The fourth-order valence-corrected chi connectivity index (χ4v) is 4.37. The van der Waals surface area contributed by atoms with Gasteiger partial charge >= 0.3 is 0 Å². The first kappa shape index (κ1) is 19.6. The smallest absolute Gasteiger partial charge is 0.128 e. The molecule has 0 spiro atoms. The topological polar surface area (TPSA) is 64.6 Å². The van der Waals surface area contributed by atoms with Crippen molar-refractivity contribution in [1.82, 2.24) is 15.6 Å². The maximum absolute atomic E-state index is 4.53. The molecule has 33 heavy (non-hydrogen) atoms. The Balaban J connectivity index is 1.20. The fourth-order valence-electron chi connectivity index (χ4n) is 4.37. The van der Waals surface area contributed by atoms with Gasteiger partial charge in [0.2, 0.25) is 0 Å². The highest BCUT2D eigenvalue weighted by molar-refractivity contribution is 6.03. The number of nitrogens with one attached hydrogen (secondary N) is 3. The molecule has 0 aliphatic carbocycles. The average Bonchev–Trinajstić information content (AvgIpc) is 3.64. The van der Waals surface area contributed by atoms with Crippen molar-refractivity contribution < 1.29 is 0 Å². The van der Waals surface area contributed by atoms with Crippen LogP contribution in [0.25, 0.3) is 34.3 Å². The lowest BCUT2D eigenvalue weighted by atomic mass is 10.1. The van der Waals surface area contributed by atoms with Gasteiger partial charge in [0, 0.05) is 40.8 Å². The van der Waals surface area contributed by atoms with Crippen LogP contribution in [-0.4, -0.2) is 42.8 Å². The summed E-state index contributed by atoms with van der Waals surface area (Å²) < 4.78 is 0. The minimum absolute atomic E-state index is 0.849. The molecule has 2 aliphatic heterocycles. The zero-order valence-corrected chi connectivity index (χ0v) is 18.3. The van der Waals surface area contributed by atoms with Crippen LogP contribution < -0.4 is 10.6 Å². The Kier molecular flexibility index (Phi) is 5.00. The second-order valence-electron chi connectivity index (χ2n) is 8.38. The summed E-state index contributed by atoms with van der Waals surface area (Å²) in [6.45, 7) is 3.54. The lowest BCUT2D eigenvalue weighted by Gasteiger charge is -2.03. The van der Waals surface area contributed by atoms with Crippen molar-refractivity contribution in [2.24, 2.45) is 9.98 Å². The van der Waals surface area contributed by atoms with E-state index in [0.717, 1.165) is 60.2 Å². The van der Waals surface area contributed by atoms with E-state index >= 15 is 0 Å². The van der Waals surface area contributed by atoms with Crippen LogP contribution in [0, 0.1) is 0 Å². The van der Waals surface area contributed by atoms with Crippen LogP contribution in [0.3, 0.4) is 0 Å². The van der Waals surface area contributed by atoms with Crippen molar-refractivity contribution >= 4 is 34.7 Å². The van der Waals surface area contributed by atoms with E-state index in [0.29, 0.717) is 0 Å². The Labute approximate surface area is 193 Å². The van der Waals surface area contributed by atoms with E-state index in [1.165, 1.54) is 22.1 Å². The second-order valence-corrected chi connectivity index (χ2v) is 8.38. The molecule has 3 N–H and O–H groups in total. The summed E-state index contributed by atoms with van der Waals surface area (Å²) in [5.41, 5.74) is 8.04. The molecule has 5 nitrogen and oxygen atoms in total. The summed E-state index contributed by atoms with van der Waals surface area (Å²) in [4.78, 5) is 12.6. The third-order valence-electron chi connectivity index (χ3n) is 6.09. The van der Waals surface area contributed by atoms with Crippen LogP contribution in [0.5, 0.6) is 0 Å². The monoisotopic (exact) mass is 431 g/mol. The predicted molar refractivity (Wildman–Crippen MR) is 138 cm³/mol. The van der Waals surface area contributed by atoms with Crippen molar-refractivity contribution in [3.05, 3.63) is 95.1 Å². The van der Waals surface area contributed by atoms with E-state index < -0.39 is 0 Å². The first-order chi connectivity index (χ1) is 16.3. The maximum Gasteiger partial charge on any atom is 0.128 e. The zero-order chi connectivity index (χ0) is 22.0. The Bertz CT molecular complexity index is 1410. The highest BCUT2D eigenvalue weighted by Gasteiger charge is 2.10. The van der Waals surface area contributed by atoms with Crippen LogP contribution in [0.4, 0.5) is 0 Å². The molecule has 0 fully saturated rings. The van der Waals surface area contributed by atoms with Crippen LogP contribution >= 0.6 is 0 Å². The van der Waals surface area contributed by atoms with E-state index in [9.17, 15) is 0 Å². The number of aliphatic imine (C=N–C) groups is 2. The Morgan fingerprint density at radius 1 is 0.636 bits per heavy atom. The summed E-state index contributed by atoms with van der Waals surface area (Å²) in [5.74, 6) is 1.98. The standard InChI is InChI=1S/C28H25N5/c1-2-20(16-23(3-1)27-29-12-13-30-27)5-4-19-6-8-21(9-7-19)25-17-22-10-11-24(18-26(22)33-25)28-31-14-15-32-28/h1-11,16-18,33H,12-15H2,(H,29,30)(H,31,32)/b5-4+. The molecule has 0 unspecified atom stereocenters. The number of H-pyrrole nitrogens is 1. The largest absolute Gasteiger partial charge is 0.368 e. The van der Waals surface area contributed by atoms with Crippen molar-refractivity contribution in [3.8, 4) is 11.3 Å². The molecule has 0 saturated carbocycles. The van der Waals surface area contributed by atoms with E-state index in [2.05, 4.69) is 111 Å². The first-order valence-electron chi connectivity index (χ1n) is 11.4. The number of aromatic amines is 1. The predicted octanol–water partition coefficient (Wildman–Crippen LogP) is 4.70. The molecular formula is C28H25N5. The number of rotatable bonds is 5. The first-order valence-corrected chi connectivity index (χ1v) is 11.4. The summed E-state index contributed by atoms with van der Waals surface area (Å²) in [6, 6.07) is 25.8. The molecule has 2 aliphatic rings. The van der Waals surface area contributed by atoms with Gasteiger partial charge in [-0.25, -0.2) is 0 Å². The van der Waals surface area contributed by atoms with Gasteiger partial charge in [-0.15, -0.1) is 0 Å². The van der Waals surface area contributed by atoms with Gasteiger partial charge in [0.15, 0.2) is 0 Å². The molecule has 3 heterocycles. The van der Waals surface area contributed by atoms with Crippen LogP contribution in [0.1, 0.15) is 22.3 Å². The van der Waals surface area contributed by atoms with Gasteiger partial charge in [-0.3, -0.25) is 9.98 Å². The van der Waals surface area contributed by atoms with Gasteiger partial charge in [-0.05, 0) is 34.9 Å². The summed E-state index contributed by atoms with van der Waals surface area (Å²) in [7, 11) is 0. The van der Waals surface area contributed by atoms with Crippen molar-refractivity contribution in [2.45, 2.75) is 0 Å². The van der Waals surface area contributed by atoms with E-state index in [-0.39, 0.29) is 0 Å². The fraction of sp³-hybridized carbons (Fsp3) is 0.143. The summed E-state index contributed by atoms with van der Waals surface area (Å²) in [5, 5.41) is 7.89. The third-order valence-corrected chi connectivity index (χ3v) is 6.09. The molecule has 0 atom stereocenters. The van der Waals surface area contributed by atoms with Gasteiger partial charge in [0.05, 0.1) is 13.1 Å². The van der Waals surface area contributed by atoms with E-state index in [1.54, 1.807) is 0 Å². The van der Waals surface area contributed by atoms with Crippen LogP contribution in [-0.2, 0) is 0 Å². The van der Waals surface area contributed by atoms with Gasteiger partial charge in [-0.2, -0.15) is 0 Å². The lowest BCUT2D eigenvalue weighted by Crippen LogP contribution is -2.19. The zero-order valence-electron chi connectivity index (χ0n) is 18.3. The quantitative estimate of drug-likeness (QED) is 0.401. The summed E-state index contributed by atoms with van der Waals surface area (Å²) >= 11 is 0. The third kappa shape index (κ3) is 4.05. The highest BCUT2D eigenvalue weighted by Crippen LogP contribution is 2.26. The minimum Gasteiger partial charge on any atom is -0.368 e. The lowest BCUT2D eigenvalue weighted by molar-refractivity contribution is 0.960. The molecule has 0 bridgehead atoms. The molecule has 5 heteroatoms. The number of benzene rings is 3. The Hall–Kier alpha value is -4.12. The van der Waals surface area contributed by atoms with Gasteiger partial charge in [0.25, 0.3) is 0 Å². The second kappa shape index (κ2) is 8.43. The molecular weight excluding hydrogens is 406 g/mol. The normalized spacial score (nSPS) is 15.5. The Morgan fingerprint density at radius 3 is 2.06 bits per heavy atom. The molecule has 162 valence electrons. The van der Waals surface area contributed by atoms with Crippen LogP contribution in [0.2, 0.25) is 0 Å². The van der Waals surface area contributed by atoms with Crippen molar-refractivity contribution in [3.63, 3.8) is 0 Å². The van der Waals surface area contributed by atoms with Gasteiger partial charge in [-0.1, -0.05) is 66.7 Å². The SMILES string of the molecule is C(=C\c1cccc(C2=NCCN2)c1)/c1ccc(-c2cc3ccc(C4=NCCN4)cc3[nH]2)cc1. The minimum atomic E-state index is 0.849. The van der Waals surface area contributed by atoms with Gasteiger partial charge < -0.3 is 15.6 Å². The van der Waals surface area contributed by atoms with Crippen LogP contribution in [0.15, 0.2) is 82.8 Å². The molecule has 0 radical (unpaired) electrons. The molecule has 1 aromatic heterocycles.